The maximum absolute atomic E-state index is 12.8. The van der Waals surface area contributed by atoms with Gasteiger partial charge >= 0.3 is 0 Å². The van der Waals surface area contributed by atoms with E-state index >= 15 is 0 Å². The Morgan fingerprint density at radius 3 is 2.93 bits per heavy atom. The first kappa shape index (κ1) is 17.8. The highest BCUT2D eigenvalue weighted by atomic mass is 32.1. The molecule has 3 aromatic heterocycles. The Labute approximate surface area is 171 Å². The van der Waals surface area contributed by atoms with E-state index in [9.17, 15) is 4.79 Å². The average Bonchev–Trinajstić information content (AvgIpc) is 3.44. The second-order valence-electron chi connectivity index (χ2n) is 6.78. The molecule has 0 radical (unpaired) electrons. The van der Waals surface area contributed by atoms with E-state index in [2.05, 4.69) is 35.7 Å². The molecule has 0 aliphatic carbocycles. The van der Waals surface area contributed by atoms with Crippen LogP contribution in [0.5, 0.6) is 0 Å². The average molecular weight is 405 g/mol. The van der Waals surface area contributed by atoms with Crippen molar-refractivity contribution in [3.63, 3.8) is 0 Å². The van der Waals surface area contributed by atoms with Crippen molar-refractivity contribution in [2.75, 3.05) is 36.4 Å². The number of carbonyl (C=O) groups excluding carboxylic acids is 1. The van der Waals surface area contributed by atoms with Gasteiger partial charge in [0, 0.05) is 55.0 Å². The fourth-order valence-corrected chi connectivity index (χ4v) is 4.19. The maximum Gasteiger partial charge on any atom is 0.286 e. The van der Waals surface area contributed by atoms with Crippen LogP contribution < -0.4 is 15.5 Å². The van der Waals surface area contributed by atoms with Gasteiger partial charge in [-0.05, 0) is 30.3 Å². The van der Waals surface area contributed by atoms with Crippen LogP contribution in [0.2, 0.25) is 0 Å². The van der Waals surface area contributed by atoms with Gasteiger partial charge in [-0.3, -0.25) is 9.78 Å². The van der Waals surface area contributed by atoms with E-state index in [0.29, 0.717) is 15.7 Å². The van der Waals surface area contributed by atoms with Gasteiger partial charge in [-0.25, -0.2) is 0 Å². The van der Waals surface area contributed by atoms with Crippen LogP contribution in [0.4, 0.5) is 11.4 Å². The molecule has 1 aliphatic rings. The number of nitrogens with zero attached hydrogens (tertiary/aromatic N) is 4. The van der Waals surface area contributed by atoms with Crippen molar-refractivity contribution in [1.82, 2.24) is 25.5 Å². The highest BCUT2D eigenvalue weighted by Crippen LogP contribution is 2.29. The number of piperazine rings is 1. The van der Waals surface area contributed by atoms with E-state index in [0.717, 1.165) is 48.3 Å². The number of hydrogen-bond acceptors (Lipinski definition) is 7. The molecule has 3 N–H and O–H groups in total. The van der Waals surface area contributed by atoms with Crippen molar-refractivity contribution >= 4 is 39.5 Å². The van der Waals surface area contributed by atoms with Gasteiger partial charge in [0.05, 0.1) is 17.6 Å². The minimum atomic E-state index is -0.277. The predicted molar refractivity (Wildman–Crippen MR) is 114 cm³/mol. The SMILES string of the molecule is O=C(Nc1cnccc1N1CCNCC1)c1nnc(-c2ccc3[nH]ccc3c2)s1. The summed E-state index contributed by atoms with van der Waals surface area (Å²) in [6, 6.07) is 9.95. The number of aromatic nitrogens is 4. The van der Waals surface area contributed by atoms with Crippen LogP contribution in [0.1, 0.15) is 9.80 Å². The predicted octanol–water partition coefficient (Wildman–Crippen LogP) is 2.74. The van der Waals surface area contributed by atoms with Gasteiger partial charge in [0.1, 0.15) is 5.01 Å². The van der Waals surface area contributed by atoms with Crippen molar-refractivity contribution in [2.24, 2.45) is 0 Å². The summed E-state index contributed by atoms with van der Waals surface area (Å²) in [5.74, 6) is -0.277. The normalized spacial score (nSPS) is 14.3. The number of amides is 1. The summed E-state index contributed by atoms with van der Waals surface area (Å²) in [5, 5.41) is 16.7. The fraction of sp³-hybridized carbons (Fsp3) is 0.200. The van der Waals surface area contributed by atoms with Crippen LogP contribution in [0.3, 0.4) is 0 Å². The van der Waals surface area contributed by atoms with Crippen LogP contribution in [-0.4, -0.2) is 52.3 Å². The first-order valence-corrected chi connectivity index (χ1v) is 10.2. The number of aromatic amines is 1. The van der Waals surface area contributed by atoms with Crippen LogP contribution in [0, 0.1) is 0 Å². The van der Waals surface area contributed by atoms with Crippen LogP contribution in [0.25, 0.3) is 21.5 Å². The minimum absolute atomic E-state index is 0.277. The lowest BCUT2D eigenvalue weighted by atomic mass is 10.2. The molecule has 4 heterocycles. The Kier molecular flexibility index (Phi) is 4.66. The van der Waals surface area contributed by atoms with Gasteiger partial charge in [-0.15, -0.1) is 10.2 Å². The molecule has 0 bridgehead atoms. The third-order valence-electron chi connectivity index (χ3n) is 4.92. The first-order valence-electron chi connectivity index (χ1n) is 9.40. The second-order valence-corrected chi connectivity index (χ2v) is 7.75. The van der Waals surface area contributed by atoms with Crippen molar-refractivity contribution in [1.29, 1.82) is 0 Å². The molecule has 29 heavy (non-hydrogen) atoms. The lowest BCUT2D eigenvalue weighted by molar-refractivity contribution is 0.102. The van der Waals surface area contributed by atoms with Gasteiger partial charge < -0.3 is 20.5 Å². The van der Waals surface area contributed by atoms with E-state index < -0.39 is 0 Å². The number of rotatable bonds is 4. The zero-order chi connectivity index (χ0) is 19.6. The Morgan fingerprint density at radius 2 is 2.03 bits per heavy atom. The minimum Gasteiger partial charge on any atom is -0.367 e. The number of carbonyl (C=O) groups is 1. The number of hydrogen-bond donors (Lipinski definition) is 3. The van der Waals surface area contributed by atoms with Gasteiger partial charge in [-0.2, -0.15) is 0 Å². The molecule has 4 aromatic rings. The summed E-state index contributed by atoms with van der Waals surface area (Å²) in [6.07, 6.45) is 5.32. The van der Waals surface area contributed by atoms with Crippen molar-refractivity contribution in [3.05, 3.63) is 53.9 Å². The van der Waals surface area contributed by atoms with E-state index in [1.165, 1.54) is 11.3 Å². The molecule has 9 heteroatoms. The summed E-state index contributed by atoms with van der Waals surface area (Å²) >= 11 is 1.28. The van der Waals surface area contributed by atoms with Gasteiger partial charge in [0.2, 0.25) is 5.01 Å². The number of anilines is 2. The van der Waals surface area contributed by atoms with Gasteiger partial charge in [-0.1, -0.05) is 11.3 Å². The number of pyridine rings is 1. The molecule has 0 spiro atoms. The largest absolute Gasteiger partial charge is 0.367 e. The molecule has 0 saturated carbocycles. The van der Waals surface area contributed by atoms with Crippen LogP contribution >= 0.6 is 11.3 Å². The molecular weight excluding hydrogens is 386 g/mol. The quantitative estimate of drug-likeness (QED) is 0.483. The van der Waals surface area contributed by atoms with Crippen molar-refractivity contribution < 1.29 is 4.79 Å². The number of benzene rings is 1. The first-order chi connectivity index (χ1) is 14.3. The Bertz CT molecular complexity index is 1160. The molecule has 1 fully saturated rings. The maximum atomic E-state index is 12.8. The summed E-state index contributed by atoms with van der Waals surface area (Å²) in [4.78, 5) is 22.4. The van der Waals surface area contributed by atoms with E-state index in [1.807, 2.05) is 36.5 Å². The number of nitrogens with one attached hydrogen (secondary N) is 3. The molecule has 1 aliphatic heterocycles. The van der Waals surface area contributed by atoms with Crippen LogP contribution in [0.15, 0.2) is 48.9 Å². The van der Waals surface area contributed by atoms with E-state index in [1.54, 1.807) is 12.4 Å². The molecule has 1 saturated heterocycles. The highest BCUT2D eigenvalue weighted by Gasteiger charge is 2.19. The summed E-state index contributed by atoms with van der Waals surface area (Å²) < 4.78 is 0. The third-order valence-corrected chi connectivity index (χ3v) is 5.89. The van der Waals surface area contributed by atoms with E-state index in [-0.39, 0.29) is 5.91 Å². The van der Waals surface area contributed by atoms with Gasteiger partial charge in [0.25, 0.3) is 5.91 Å². The zero-order valence-corrected chi connectivity index (χ0v) is 16.4. The molecule has 1 amide bonds. The lowest BCUT2D eigenvalue weighted by Crippen LogP contribution is -2.43. The van der Waals surface area contributed by atoms with Gasteiger partial charge in [0.15, 0.2) is 0 Å². The highest BCUT2D eigenvalue weighted by molar-refractivity contribution is 7.16. The third kappa shape index (κ3) is 3.57. The standard InChI is InChI=1S/C20H19N7OS/c28-18(24-16-12-22-5-4-17(16)27-9-7-21-8-10-27)20-26-25-19(29-20)14-1-2-15-13(11-14)3-6-23-15/h1-6,11-12,21,23H,7-10H2,(H,24,28). The zero-order valence-electron chi connectivity index (χ0n) is 15.6. The van der Waals surface area contributed by atoms with E-state index in [4.69, 9.17) is 0 Å². The topological polar surface area (TPSA) is 98.8 Å². The molecule has 146 valence electrons. The molecule has 0 unspecified atom stereocenters. The Balaban J connectivity index is 1.37. The number of fused-ring (bicyclic) bond motifs is 1. The van der Waals surface area contributed by atoms with Crippen LogP contribution in [-0.2, 0) is 0 Å². The number of H-pyrrole nitrogens is 1. The molecule has 8 nitrogen and oxygen atoms in total. The molecule has 1 aromatic carbocycles. The lowest BCUT2D eigenvalue weighted by Gasteiger charge is -2.30. The van der Waals surface area contributed by atoms with Crippen molar-refractivity contribution in [2.45, 2.75) is 0 Å². The summed E-state index contributed by atoms with van der Waals surface area (Å²) in [6.45, 7) is 3.61. The second kappa shape index (κ2) is 7.61. The molecule has 5 rings (SSSR count). The molecular formula is C20H19N7OS. The monoisotopic (exact) mass is 405 g/mol. The summed E-state index contributed by atoms with van der Waals surface area (Å²) in [7, 11) is 0. The fourth-order valence-electron chi connectivity index (χ4n) is 3.46. The summed E-state index contributed by atoms with van der Waals surface area (Å²) in [5.41, 5.74) is 3.66. The molecule has 0 atom stereocenters. The Morgan fingerprint density at radius 1 is 1.14 bits per heavy atom. The Hall–Kier alpha value is -3.30. The van der Waals surface area contributed by atoms with Crippen molar-refractivity contribution in [3.8, 4) is 10.6 Å². The smallest absolute Gasteiger partial charge is 0.286 e.